The van der Waals surface area contributed by atoms with E-state index in [0.717, 1.165) is 24.3 Å². The monoisotopic (exact) mass is 333 g/mol. The number of hydrogen-bond acceptors (Lipinski definition) is 4. The van der Waals surface area contributed by atoms with Gasteiger partial charge in [0.05, 0.1) is 11.6 Å². The lowest BCUT2D eigenvalue weighted by Crippen LogP contribution is -2.30. The fourth-order valence-electron chi connectivity index (χ4n) is 1.67. The third-order valence-electron chi connectivity index (χ3n) is 2.76. The van der Waals surface area contributed by atoms with Gasteiger partial charge in [0.25, 0.3) is 0 Å². The Labute approximate surface area is 121 Å². The molecule has 0 aliphatic rings. The van der Waals surface area contributed by atoms with Crippen LogP contribution in [-0.4, -0.2) is 30.3 Å². The predicted molar refractivity (Wildman–Crippen MR) is 81.7 cm³/mol. The van der Waals surface area contributed by atoms with E-state index >= 15 is 0 Å². The lowest BCUT2D eigenvalue weighted by molar-refractivity contribution is 0.371. The SMILES string of the molecule is CCC(CSC)NCc1cc(Br)c(O)c(OC)c1. The number of rotatable bonds is 7. The molecule has 1 aromatic carbocycles. The predicted octanol–water partition coefficient (Wildman–Crippen LogP) is 3.39. The van der Waals surface area contributed by atoms with E-state index in [1.807, 2.05) is 23.9 Å². The number of phenols is 1. The number of nitrogens with one attached hydrogen (secondary N) is 1. The average Bonchev–Trinajstić information content (AvgIpc) is 2.38. The molecule has 5 heteroatoms. The van der Waals surface area contributed by atoms with Crippen LogP contribution in [0.25, 0.3) is 0 Å². The first-order valence-corrected chi connectivity index (χ1v) is 8.08. The quantitative estimate of drug-likeness (QED) is 0.802. The van der Waals surface area contributed by atoms with Crippen molar-refractivity contribution < 1.29 is 9.84 Å². The number of aromatic hydroxyl groups is 1. The van der Waals surface area contributed by atoms with Crippen LogP contribution in [0.15, 0.2) is 16.6 Å². The molecular formula is C13H20BrNO2S. The van der Waals surface area contributed by atoms with Gasteiger partial charge < -0.3 is 15.2 Å². The molecule has 1 atom stereocenters. The summed E-state index contributed by atoms with van der Waals surface area (Å²) >= 11 is 5.18. The molecular weight excluding hydrogens is 314 g/mol. The molecule has 102 valence electrons. The van der Waals surface area contributed by atoms with Gasteiger partial charge in [-0.15, -0.1) is 0 Å². The van der Waals surface area contributed by atoms with Crippen LogP contribution < -0.4 is 10.1 Å². The van der Waals surface area contributed by atoms with Crippen molar-refractivity contribution in [3.63, 3.8) is 0 Å². The Bertz CT molecular complexity index is 387. The molecule has 1 rings (SSSR count). The maximum absolute atomic E-state index is 9.73. The smallest absolute Gasteiger partial charge is 0.172 e. The molecule has 0 saturated carbocycles. The van der Waals surface area contributed by atoms with Crippen LogP contribution >= 0.6 is 27.7 Å². The third kappa shape index (κ3) is 4.37. The maximum Gasteiger partial charge on any atom is 0.172 e. The zero-order valence-electron chi connectivity index (χ0n) is 11.0. The highest BCUT2D eigenvalue weighted by molar-refractivity contribution is 9.10. The fourth-order valence-corrected chi connectivity index (χ4v) is 2.91. The van der Waals surface area contributed by atoms with Crippen LogP contribution in [0.5, 0.6) is 11.5 Å². The Balaban J connectivity index is 2.70. The maximum atomic E-state index is 9.73. The zero-order chi connectivity index (χ0) is 13.5. The number of thioether (sulfide) groups is 1. The van der Waals surface area contributed by atoms with Crippen molar-refractivity contribution in [2.45, 2.75) is 25.9 Å². The molecule has 2 N–H and O–H groups in total. The average molecular weight is 334 g/mol. The van der Waals surface area contributed by atoms with E-state index in [0.29, 0.717) is 16.3 Å². The Kier molecular flexibility index (Phi) is 6.89. The Morgan fingerprint density at radius 2 is 2.22 bits per heavy atom. The van der Waals surface area contributed by atoms with E-state index in [2.05, 4.69) is 34.4 Å². The summed E-state index contributed by atoms with van der Waals surface area (Å²) in [6.07, 6.45) is 3.22. The van der Waals surface area contributed by atoms with Gasteiger partial charge in [-0.25, -0.2) is 0 Å². The van der Waals surface area contributed by atoms with Gasteiger partial charge in [0.15, 0.2) is 11.5 Å². The van der Waals surface area contributed by atoms with Gasteiger partial charge in [-0.2, -0.15) is 11.8 Å². The van der Waals surface area contributed by atoms with Gasteiger partial charge in [-0.1, -0.05) is 6.92 Å². The van der Waals surface area contributed by atoms with Gasteiger partial charge in [0.1, 0.15) is 0 Å². The van der Waals surface area contributed by atoms with Crippen molar-refractivity contribution in [3.05, 3.63) is 22.2 Å². The molecule has 1 aromatic rings. The number of ether oxygens (including phenoxy) is 1. The van der Waals surface area contributed by atoms with Crippen molar-refractivity contribution in [2.24, 2.45) is 0 Å². The van der Waals surface area contributed by atoms with Gasteiger partial charge in [0, 0.05) is 18.3 Å². The minimum atomic E-state index is 0.150. The molecule has 18 heavy (non-hydrogen) atoms. The zero-order valence-corrected chi connectivity index (χ0v) is 13.4. The van der Waals surface area contributed by atoms with E-state index in [4.69, 9.17) is 4.74 Å². The third-order valence-corrected chi connectivity index (χ3v) is 4.10. The van der Waals surface area contributed by atoms with Crippen LogP contribution in [0.1, 0.15) is 18.9 Å². The van der Waals surface area contributed by atoms with E-state index in [-0.39, 0.29) is 5.75 Å². The summed E-state index contributed by atoms with van der Waals surface area (Å²) in [6, 6.07) is 4.29. The summed E-state index contributed by atoms with van der Waals surface area (Å²) in [4.78, 5) is 0. The summed E-state index contributed by atoms with van der Waals surface area (Å²) in [6.45, 7) is 2.95. The van der Waals surface area contributed by atoms with Crippen molar-refractivity contribution in [1.82, 2.24) is 5.32 Å². The Hall–Kier alpha value is -0.390. The normalized spacial score (nSPS) is 12.4. The highest BCUT2D eigenvalue weighted by Crippen LogP contribution is 2.35. The molecule has 0 aliphatic carbocycles. The fraction of sp³-hybridized carbons (Fsp3) is 0.538. The highest BCUT2D eigenvalue weighted by atomic mass is 79.9. The van der Waals surface area contributed by atoms with Crippen LogP contribution in [-0.2, 0) is 6.54 Å². The van der Waals surface area contributed by atoms with Gasteiger partial charge >= 0.3 is 0 Å². The van der Waals surface area contributed by atoms with E-state index in [1.54, 1.807) is 7.11 Å². The number of hydrogen-bond donors (Lipinski definition) is 2. The van der Waals surface area contributed by atoms with Crippen molar-refractivity contribution in [1.29, 1.82) is 0 Å². The van der Waals surface area contributed by atoms with Crippen LogP contribution in [0.3, 0.4) is 0 Å². The number of phenolic OH excluding ortho intramolecular Hbond substituents is 1. The van der Waals surface area contributed by atoms with Gasteiger partial charge in [0.2, 0.25) is 0 Å². The second kappa shape index (κ2) is 7.92. The molecule has 0 fully saturated rings. The first-order valence-electron chi connectivity index (χ1n) is 5.90. The molecule has 0 saturated heterocycles. The standard InChI is InChI=1S/C13H20BrNO2S/c1-4-10(8-18-3)15-7-9-5-11(14)13(16)12(6-9)17-2/h5-6,10,15-16H,4,7-8H2,1-3H3. The number of methoxy groups -OCH3 is 1. The largest absolute Gasteiger partial charge is 0.503 e. The summed E-state index contributed by atoms with van der Waals surface area (Å²) in [5, 5.41) is 13.2. The molecule has 0 heterocycles. The van der Waals surface area contributed by atoms with Crippen molar-refractivity contribution in [2.75, 3.05) is 19.1 Å². The summed E-state index contributed by atoms with van der Waals surface area (Å²) in [7, 11) is 1.56. The molecule has 3 nitrogen and oxygen atoms in total. The Morgan fingerprint density at radius 1 is 1.50 bits per heavy atom. The van der Waals surface area contributed by atoms with Gasteiger partial charge in [-0.05, 0) is 46.3 Å². The summed E-state index contributed by atoms with van der Waals surface area (Å²) < 4.78 is 5.80. The van der Waals surface area contributed by atoms with Gasteiger partial charge in [-0.3, -0.25) is 0 Å². The van der Waals surface area contributed by atoms with Crippen LogP contribution in [0.2, 0.25) is 0 Å². The number of benzene rings is 1. The first kappa shape index (κ1) is 15.7. The molecule has 0 bridgehead atoms. The second-order valence-corrected chi connectivity index (χ2v) is 5.83. The van der Waals surface area contributed by atoms with E-state index < -0.39 is 0 Å². The molecule has 0 aliphatic heterocycles. The molecule has 0 radical (unpaired) electrons. The minimum Gasteiger partial charge on any atom is -0.503 e. The lowest BCUT2D eigenvalue weighted by Gasteiger charge is -2.16. The Morgan fingerprint density at radius 3 is 2.78 bits per heavy atom. The molecule has 0 aromatic heterocycles. The molecule has 0 spiro atoms. The topological polar surface area (TPSA) is 41.5 Å². The highest BCUT2D eigenvalue weighted by Gasteiger charge is 2.10. The van der Waals surface area contributed by atoms with Crippen molar-refractivity contribution >= 4 is 27.7 Å². The summed E-state index contributed by atoms with van der Waals surface area (Å²) in [5.74, 6) is 1.75. The second-order valence-electron chi connectivity index (χ2n) is 4.07. The summed E-state index contributed by atoms with van der Waals surface area (Å²) in [5.41, 5.74) is 1.09. The molecule has 0 amide bonds. The van der Waals surface area contributed by atoms with Crippen LogP contribution in [0, 0.1) is 0 Å². The van der Waals surface area contributed by atoms with Crippen LogP contribution in [0.4, 0.5) is 0 Å². The minimum absolute atomic E-state index is 0.150. The molecule has 1 unspecified atom stereocenters. The first-order chi connectivity index (χ1) is 8.62. The van der Waals surface area contributed by atoms with E-state index in [1.165, 1.54) is 0 Å². The van der Waals surface area contributed by atoms with E-state index in [9.17, 15) is 5.11 Å². The number of halogens is 1. The lowest BCUT2D eigenvalue weighted by atomic mass is 10.1. The van der Waals surface area contributed by atoms with Crippen molar-refractivity contribution in [3.8, 4) is 11.5 Å².